The van der Waals surface area contributed by atoms with Gasteiger partial charge in [0.05, 0.1) is 18.7 Å². The summed E-state index contributed by atoms with van der Waals surface area (Å²) in [6, 6.07) is 19.7. The Balaban J connectivity index is 1.49. The fourth-order valence-corrected chi connectivity index (χ4v) is 5.72. The first-order valence-electron chi connectivity index (χ1n) is 12.4. The van der Waals surface area contributed by atoms with E-state index in [4.69, 9.17) is 4.74 Å². The molecular formula is C29H36N2O3S. The lowest BCUT2D eigenvalue weighted by atomic mass is 10.00. The Kier molecular flexibility index (Phi) is 8.60. The van der Waals surface area contributed by atoms with E-state index in [-0.39, 0.29) is 18.5 Å². The number of thiophene rings is 1. The second-order valence-corrected chi connectivity index (χ2v) is 10.7. The van der Waals surface area contributed by atoms with E-state index in [9.17, 15) is 9.90 Å². The number of hydrogen-bond acceptors (Lipinski definition) is 5. The average Bonchev–Trinajstić information content (AvgIpc) is 3.32. The van der Waals surface area contributed by atoms with Gasteiger partial charge in [-0.3, -0.25) is 9.69 Å². The summed E-state index contributed by atoms with van der Waals surface area (Å²) in [5, 5.41) is 12.9. The summed E-state index contributed by atoms with van der Waals surface area (Å²) in [4.78, 5) is 19.1. The molecule has 186 valence electrons. The fraction of sp³-hybridized carbons (Fsp3) is 0.414. The van der Waals surface area contributed by atoms with Crippen molar-refractivity contribution in [3.05, 3.63) is 87.6 Å². The van der Waals surface area contributed by atoms with Crippen LogP contribution in [0.4, 0.5) is 0 Å². The molecule has 1 aromatic heterocycles. The number of ether oxygens (including phenoxy) is 1. The zero-order chi connectivity index (χ0) is 24.8. The maximum Gasteiger partial charge on any atom is 0.237 e. The van der Waals surface area contributed by atoms with E-state index in [1.165, 1.54) is 10.4 Å². The molecular weight excluding hydrogens is 456 g/mol. The summed E-state index contributed by atoms with van der Waals surface area (Å²) in [6.07, 6.45) is 0.240. The molecule has 1 amide bonds. The van der Waals surface area contributed by atoms with Crippen LogP contribution in [0.25, 0.3) is 0 Å². The van der Waals surface area contributed by atoms with Crippen LogP contribution in [-0.2, 0) is 11.2 Å². The molecule has 1 aliphatic heterocycles. The lowest BCUT2D eigenvalue weighted by Gasteiger charge is -2.37. The highest BCUT2D eigenvalue weighted by Gasteiger charge is 2.33. The van der Waals surface area contributed by atoms with Crippen LogP contribution in [0.15, 0.2) is 66.0 Å². The standard InChI is InChI=1S/C29H36N2O3S/c1-21(2)17-30(18-26(32)23-10-5-4-6-11-23)19-29(33)31-15-13-28-24(14-16-35-28)25(31)20-34-27-12-8-7-9-22(27)3/h4-12,14,16,21,25-26,32H,13,15,17-20H2,1-3H3. The molecule has 3 aromatic rings. The predicted molar refractivity (Wildman–Crippen MR) is 142 cm³/mol. The van der Waals surface area contributed by atoms with Gasteiger partial charge in [-0.25, -0.2) is 0 Å². The Hall–Kier alpha value is -2.67. The molecule has 0 saturated heterocycles. The molecule has 1 aliphatic rings. The summed E-state index contributed by atoms with van der Waals surface area (Å²) in [7, 11) is 0. The molecule has 4 rings (SSSR count). The third-order valence-electron chi connectivity index (χ3n) is 6.50. The van der Waals surface area contributed by atoms with Gasteiger partial charge in [0.25, 0.3) is 0 Å². The van der Waals surface area contributed by atoms with E-state index >= 15 is 0 Å². The van der Waals surface area contributed by atoms with Gasteiger partial charge in [0.2, 0.25) is 5.91 Å². The SMILES string of the molecule is Cc1ccccc1OCC1c2ccsc2CCN1C(=O)CN(CC(C)C)CC(O)c1ccccc1. The number of amides is 1. The van der Waals surface area contributed by atoms with Crippen molar-refractivity contribution in [2.75, 3.05) is 32.8 Å². The first-order chi connectivity index (χ1) is 16.9. The van der Waals surface area contributed by atoms with Gasteiger partial charge < -0.3 is 14.7 Å². The molecule has 1 N–H and O–H groups in total. The van der Waals surface area contributed by atoms with Gasteiger partial charge >= 0.3 is 0 Å². The van der Waals surface area contributed by atoms with Crippen molar-refractivity contribution < 1.29 is 14.6 Å². The fourth-order valence-electron chi connectivity index (χ4n) is 4.79. The third-order valence-corrected chi connectivity index (χ3v) is 7.50. The average molecular weight is 493 g/mol. The summed E-state index contributed by atoms with van der Waals surface area (Å²) >= 11 is 1.76. The number of aliphatic hydroxyl groups is 1. The molecule has 0 aliphatic carbocycles. The summed E-state index contributed by atoms with van der Waals surface area (Å²) in [5.41, 5.74) is 3.16. The molecule has 2 aromatic carbocycles. The van der Waals surface area contributed by atoms with Crippen LogP contribution in [0.1, 0.15) is 47.6 Å². The second kappa shape index (κ2) is 11.8. The summed E-state index contributed by atoms with van der Waals surface area (Å²) in [6.45, 7) is 8.89. The minimum absolute atomic E-state index is 0.0844. The van der Waals surface area contributed by atoms with Crippen molar-refractivity contribution in [2.24, 2.45) is 5.92 Å². The third kappa shape index (κ3) is 6.51. The number of fused-ring (bicyclic) bond motifs is 1. The lowest BCUT2D eigenvalue weighted by Crippen LogP contribution is -2.47. The number of aliphatic hydroxyl groups excluding tert-OH is 1. The van der Waals surface area contributed by atoms with E-state index in [1.54, 1.807) is 11.3 Å². The van der Waals surface area contributed by atoms with Crippen LogP contribution in [0.3, 0.4) is 0 Å². The van der Waals surface area contributed by atoms with Crippen molar-refractivity contribution in [3.63, 3.8) is 0 Å². The highest BCUT2D eigenvalue weighted by molar-refractivity contribution is 7.10. The van der Waals surface area contributed by atoms with Crippen molar-refractivity contribution >= 4 is 17.2 Å². The summed E-state index contributed by atoms with van der Waals surface area (Å²) < 4.78 is 6.23. The van der Waals surface area contributed by atoms with Gasteiger partial charge in [0.15, 0.2) is 0 Å². The van der Waals surface area contributed by atoms with Gasteiger partial charge in [-0.2, -0.15) is 0 Å². The van der Waals surface area contributed by atoms with Gasteiger partial charge in [0.1, 0.15) is 12.4 Å². The topological polar surface area (TPSA) is 53.0 Å². The zero-order valence-corrected chi connectivity index (χ0v) is 21.7. The number of benzene rings is 2. The van der Waals surface area contributed by atoms with Crippen LogP contribution in [-0.4, -0.2) is 53.6 Å². The van der Waals surface area contributed by atoms with Crippen molar-refractivity contribution in [1.82, 2.24) is 9.80 Å². The normalized spacial score (nSPS) is 16.4. The molecule has 0 fully saturated rings. The van der Waals surface area contributed by atoms with E-state index in [0.717, 1.165) is 29.8 Å². The maximum absolute atomic E-state index is 13.7. The minimum Gasteiger partial charge on any atom is -0.491 e. The number of hydrogen-bond donors (Lipinski definition) is 1. The molecule has 0 radical (unpaired) electrons. The number of rotatable bonds is 10. The van der Waals surface area contributed by atoms with Crippen LogP contribution < -0.4 is 4.74 Å². The molecule has 2 unspecified atom stereocenters. The van der Waals surface area contributed by atoms with E-state index in [0.29, 0.717) is 25.6 Å². The van der Waals surface area contributed by atoms with E-state index in [2.05, 4.69) is 30.2 Å². The van der Waals surface area contributed by atoms with Gasteiger partial charge in [-0.05, 0) is 53.5 Å². The quantitative estimate of drug-likeness (QED) is 0.420. The number of carbonyl (C=O) groups excluding carboxylic acids is 1. The number of aryl methyl sites for hydroxylation is 1. The molecule has 0 saturated carbocycles. The number of carbonyl (C=O) groups is 1. The van der Waals surface area contributed by atoms with Crippen LogP contribution in [0, 0.1) is 12.8 Å². The zero-order valence-electron chi connectivity index (χ0n) is 20.9. The molecule has 5 nitrogen and oxygen atoms in total. The molecule has 2 atom stereocenters. The Morgan fingerprint density at radius 2 is 1.86 bits per heavy atom. The maximum atomic E-state index is 13.7. The van der Waals surface area contributed by atoms with Crippen LogP contribution >= 0.6 is 11.3 Å². The highest BCUT2D eigenvalue weighted by atomic mass is 32.1. The van der Waals surface area contributed by atoms with Gasteiger partial charge in [-0.15, -0.1) is 11.3 Å². The minimum atomic E-state index is -0.632. The molecule has 35 heavy (non-hydrogen) atoms. The van der Waals surface area contributed by atoms with Crippen molar-refractivity contribution in [1.29, 1.82) is 0 Å². The van der Waals surface area contributed by atoms with Gasteiger partial charge in [0, 0.05) is 24.5 Å². The van der Waals surface area contributed by atoms with E-state index in [1.807, 2.05) is 66.4 Å². The Morgan fingerprint density at radius 3 is 2.60 bits per heavy atom. The monoisotopic (exact) mass is 492 g/mol. The summed E-state index contributed by atoms with van der Waals surface area (Å²) in [5.74, 6) is 1.33. The van der Waals surface area contributed by atoms with Crippen LogP contribution in [0.5, 0.6) is 5.75 Å². The van der Waals surface area contributed by atoms with Crippen molar-refractivity contribution in [2.45, 2.75) is 39.3 Å². The van der Waals surface area contributed by atoms with E-state index < -0.39 is 6.10 Å². The molecule has 0 spiro atoms. The van der Waals surface area contributed by atoms with Crippen LogP contribution in [0.2, 0.25) is 0 Å². The first-order valence-corrected chi connectivity index (χ1v) is 13.3. The lowest BCUT2D eigenvalue weighted by molar-refractivity contribution is -0.136. The second-order valence-electron chi connectivity index (χ2n) is 9.74. The highest BCUT2D eigenvalue weighted by Crippen LogP contribution is 2.34. The molecule has 0 bridgehead atoms. The largest absolute Gasteiger partial charge is 0.491 e. The van der Waals surface area contributed by atoms with Gasteiger partial charge in [-0.1, -0.05) is 62.4 Å². The predicted octanol–water partition coefficient (Wildman–Crippen LogP) is 5.25. The Morgan fingerprint density at radius 1 is 1.11 bits per heavy atom. The van der Waals surface area contributed by atoms with Crippen molar-refractivity contribution in [3.8, 4) is 5.75 Å². The smallest absolute Gasteiger partial charge is 0.237 e. The Bertz CT molecular complexity index is 1100. The molecule has 2 heterocycles. The number of nitrogens with zero attached hydrogens (tertiary/aromatic N) is 2. The number of para-hydroxylation sites is 1. The first kappa shape index (κ1) is 25.4. The Labute approximate surface area is 213 Å². The molecule has 6 heteroatoms.